The van der Waals surface area contributed by atoms with Crippen molar-refractivity contribution in [2.45, 2.75) is 94.6 Å². The number of quaternary nitrogens is 2. The number of likely N-dealkylation sites (N-methyl/N-ethyl adjacent to an activating group) is 1. The topological polar surface area (TPSA) is 86.2 Å². The third-order valence-corrected chi connectivity index (χ3v) is 10.4. The third-order valence-electron chi connectivity index (χ3n) is 10.4. The minimum absolute atomic E-state index is 0.0227. The number of rotatable bonds is 7. The number of piperazine rings is 1. The van der Waals surface area contributed by atoms with Crippen molar-refractivity contribution in [3.63, 3.8) is 0 Å². The highest BCUT2D eigenvalue weighted by Gasteiger charge is 2.48. The van der Waals surface area contributed by atoms with E-state index in [4.69, 9.17) is 4.74 Å². The van der Waals surface area contributed by atoms with Gasteiger partial charge in [0.15, 0.2) is 0 Å². The van der Waals surface area contributed by atoms with E-state index in [0.717, 1.165) is 65.0 Å². The van der Waals surface area contributed by atoms with E-state index in [1.54, 1.807) is 0 Å². The number of carbonyl (C=O) groups is 2. The lowest BCUT2D eigenvalue weighted by Crippen LogP contribution is -3.18. The highest BCUT2D eigenvalue weighted by atomic mass is 16.5. The first-order valence-corrected chi connectivity index (χ1v) is 15.3. The van der Waals surface area contributed by atoms with Crippen molar-refractivity contribution in [3.8, 4) is 0 Å². The minimum atomic E-state index is -0.0227. The van der Waals surface area contributed by atoms with Crippen molar-refractivity contribution >= 4 is 11.8 Å². The summed E-state index contributed by atoms with van der Waals surface area (Å²) in [6, 6.07) is 0.608. The molecule has 0 aromatic carbocycles. The Hall–Kier alpha value is -1.26. The molecular weight excluding hydrogens is 468 g/mol. The van der Waals surface area contributed by atoms with E-state index in [1.165, 1.54) is 43.5 Å². The number of nitrogens with two attached hydrogens (primary N) is 1. The SMILES string of the molecule is COC1CCC(CN2CC[C@H]3[C@H]2C(=O)NC[C@H](CCC(=O)N2CCN(C4CCCC[NH2+]4)CC2)[NH+]3C)CC1. The first-order chi connectivity index (χ1) is 18.0. The van der Waals surface area contributed by atoms with Crippen LogP contribution in [0.25, 0.3) is 0 Å². The number of likely N-dealkylation sites (tertiary alicyclic amines) is 1. The summed E-state index contributed by atoms with van der Waals surface area (Å²) < 4.78 is 5.55. The van der Waals surface area contributed by atoms with Crippen LogP contribution in [0.15, 0.2) is 0 Å². The highest BCUT2D eigenvalue weighted by Crippen LogP contribution is 2.29. The van der Waals surface area contributed by atoms with Crippen LogP contribution in [-0.4, -0.2) is 123 Å². The molecule has 210 valence electrons. The van der Waals surface area contributed by atoms with Crippen molar-refractivity contribution in [3.05, 3.63) is 0 Å². The molecule has 4 heterocycles. The summed E-state index contributed by atoms with van der Waals surface area (Å²) in [5, 5.41) is 5.76. The first-order valence-electron chi connectivity index (χ1n) is 15.3. The number of methoxy groups -OCH3 is 1. The molecule has 1 saturated carbocycles. The van der Waals surface area contributed by atoms with Crippen molar-refractivity contribution in [1.82, 2.24) is 20.0 Å². The zero-order valence-corrected chi connectivity index (χ0v) is 23.3. The molecule has 0 radical (unpaired) electrons. The molecule has 1 aliphatic carbocycles. The zero-order chi connectivity index (χ0) is 25.8. The fourth-order valence-electron chi connectivity index (χ4n) is 7.91. The van der Waals surface area contributed by atoms with Crippen LogP contribution in [0.3, 0.4) is 0 Å². The maximum Gasteiger partial charge on any atom is 0.243 e. The summed E-state index contributed by atoms with van der Waals surface area (Å²) in [5.74, 6) is 1.18. The molecule has 5 rings (SSSR count). The molecule has 9 nitrogen and oxygen atoms in total. The second-order valence-corrected chi connectivity index (χ2v) is 12.4. The molecule has 2 unspecified atom stereocenters. The van der Waals surface area contributed by atoms with Crippen molar-refractivity contribution < 1.29 is 24.5 Å². The Labute approximate surface area is 223 Å². The van der Waals surface area contributed by atoms with Gasteiger partial charge in [-0.15, -0.1) is 0 Å². The van der Waals surface area contributed by atoms with Crippen LogP contribution in [0.1, 0.15) is 64.2 Å². The molecule has 5 atom stereocenters. The molecule has 9 heteroatoms. The van der Waals surface area contributed by atoms with Gasteiger partial charge in [-0.25, -0.2) is 0 Å². The zero-order valence-electron chi connectivity index (χ0n) is 23.3. The van der Waals surface area contributed by atoms with Crippen molar-refractivity contribution in [2.24, 2.45) is 5.92 Å². The summed E-state index contributed by atoms with van der Waals surface area (Å²) in [7, 11) is 4.09. The molecule has 0 bridgehead atoms. The highest BCUT2D eigenvalue weighted by molar-refractivity contribution is 5.83. The second kappa shape index (κ2) is 12.7. The monoisotopic (exact) mass is 520 g/mol. The van der Waals surface area contributed by atoms with Crippen LogP contribution in [0.2, 0.25) is 0 Å². The molecule has 0 aromatic heterocycles. The Morgan fingerprint density at radius 1 is 1.05 bits per heavy atom. The molecule has 37 heavy (non-hydrogen) atoms. The summed E-state index contributed by atoms with van der Waals surface area (Å²) >= 11 is 0. The number of nitrogens with one attached hydrogen (secondary N) is 2. The summed E-state index contributed by atoms with van der Waals surface area (Å²) in [6.45, 7) is 7.70. The normalized spacial score (nSPS) is 38.2. The number of hydrogen-bond acceptors (Lipinski definition) is 5. The average molecular weight is 521 g/mol. The number of fused-ring (bicyclic) bond motifs is 1. The van der Waals surface area contributed by atoms with E-state index in [1.807, 2.05) is 7.11 Å². The number of carbonyl (C=O) groups excluding carboxylic acids is 2. The summed E-state index contributed by atoms with van der Waals surface area (Å²) in [5.41, 5.74) is 0. The maximum atomic E-state index is 13.2. The Morgan fingerprint density at radius 2 is 1.84 bits per heavy atom. The van der Waals surface area contributed by atoms with Crippen LogP contribution >= 0.6 is 0 Å². The lowest BCUT2D eigenvalue weighted by atomic mass is 9.87. The Balaban J connectivity index is 1.09. The predicted octanol–water partition coefficient (Wildman–Crippen LogP) is -1.35. The van der Waals surface area contributed by atoms with Crippen molar-refractivity contribution in [1.29, 1.82) is 0 Å². The number of amides is 2. The van der Waals surface area contributed by atoms with Crippen LogP contribution in [0.4, 0.5) is 0 Å². The van der Waals surface area contributed by atoms with E-state index in [-0.39, 0.29) is 11.9 Å². The van der Waals surface area contributed by atoms with Gasteiger partial charge in [-0.2, -0.15) is 0 Å². The number of nitrogens with zero attached hydrogens (tertiary/aromatic N) is 3. The molecule has 4 N–H and O–H groups in total. The summed E-state index contributed by atoms with van der Waals surface area (Å²) in [4.78, 5) is 34.9. The van der Waals surface area contributed by atoms with Gasteiger partial charge in [0, 0.05) is 72.1 Å². The standard InChI is InChI=1S/C28H50N6O3/c1-31-22(8-11-26(35)33-17-15-32(16-18-33)25-5-3-4-13-29-25)19-30-28(36)27-24(31)12-14-34(27)20-21-6-9-23(37-2)10-7-21/h21-25,27,29H,3-20H2,1-2H3,(H,30,36)/p+2/t21?,22-,23?,24-,25?,27-/m0/s1. The maximum absolute atomic E-state index is 13.2. The van der Waals surface area contributed by atoms with Gasteiger partial charge in [-0.05, 0) is 44.4 Å². The third kappa shape index (κ3) is 6.49. The van der Waals surface area contributed by atoms with E-state index < -0.39 is 0 Å². The van der Waals surface area contributed by atoms with Crippen LogP contribution in [0.5, 0.6) is 0 Å². The van der Waals surface area contributed by atoms with Gasteiger partial charge in [0.1, 0.15) is 24.3 Å². The lowest BCUT2D eigenvalue weighted by Gasteiger charge is -2.39. The second-order valence-electron chi connectivity index (χ2n) is 12.4. The number of piperidine rings is 1. The van der Waals surface area contributed by atoms with E-state index in [0.29, 0.717) is 49.1 Å². The minimum Gasteiger partial charge on any atom is -0.381 e. The van der Waals surface area contributed by atoms with E-state index >= 15 is 0 Å². The van der Waals surface area contributed by atoms with Crippen molar-refractivity contribution in [2.75, 3.05) is 66.5 Å². The Morgan fingerprint density at radius 3 is 2.54 bits per heavy atom. The quantitative estimate of drug-likeness (QED) is 0.386. The molecule has 5 fully saturated rings. The Kier molecular flexibility index (Phi) is 9.40. The van der Waals surface area contributed by atoms with E-state index in [9.17, 15) is 9.59 Å². The van der Waals surface area contributed by atoms with Crippen LogP contribution in [0, 0.1) is 5.92 Å². The largest absolute Gasteiger partial charge is 0.381 e. The first kappa shape index (κ1) is 27.3. The number of hydrogen-bond donors (Lipinski definition) is 3. The van der Waals surface area contributed by atoms with Gasteiger partial charge in [0.2, 0.25) is 11.8 Å². The lowest BCUT2D eigenvalue weighted by molar-refractivity contribution is -0.928. The van der Waals surface area contributed by atoms with Crippen LogP contribution in [-0.2, 0) is 14.3 Å². The van der Waals surface area contributed by atoms with Gasteiger partial charge in [0.05, 0.1) is 26.2 Å². The predicted molar refractivity (Wildman–Crippen MR) is 142 cm³/mol. The van der Waals surface area contributed by atoms with Gasteiger partial charge >= 0.3 is 0 Å². The fourth-order valence-corrected chi connectivity index (χ4v) is 7.91. The van der Waals surface area contributed by atoms with Gasteiger partial charge in [-0.1, -0.05) is 0 Å². The smallest absolute Gasteiger partial charge is 0.243 e. The molecule has 0 aromatic rings. The van der Waals surface area contributed by atoms with Gasteiger partial charge in [-0.3, -0.25) is 19.4 Å². The Bertz CT molecular complexity index is 761. The van der Waals surface area contributed by atoms with Gasteiger partial charge < -0.3 is 25.2 Å². The van der Waals surface area contributed by atoms with Gasteiger partial charge in [0.25, 0.3) is 0 Å². The van der Waals surface area contributed by atoms with E-state index in [2.05, 4.69) is 32.4 Å². The molecule has 0 spiro atoms. The fraction of sp³-hybridized carbons (Fsp3) is 0.929. The molecule has 2 amide bonds. The number of ether oxygens (including phenoxy) is 1. The molecular formula is C28H52N6O3+2. The molecule has 4 aliphatic heterocycles. The molecule has 5 aliphatic rings. The summed E-state index contributed by atoms with van der Waals surface area (Å²) in [6.07, 6.45) is 12.2. The molecule has 4 saturated heterocycles. The average Bonchev–Trinajstić information content (AvgIpc) is 3.32. The van der Waals surface area contributed by atoms with Crippen LogP contribution < -0.4 is 15.5 Å².